The van der Waals surface area contributed by atoms with Gasteiger partial charge in [0.15, 0.2) is 5.76 Å². The number of amides is 2. The molecule has 1 aromatic heterocycles. The molecule has 2 aromatic rings. The Morgan fingerprint density at radius 3 is 2.58 bits per heavy atom. The number of furan rings is 1. The fraction of sp³-hybridized carbons (Fsp3) is 0.474. The molecule has 5 nitrogen and oxygen atoms in total. The zero-order valence-electron chi connectivity index (χ0n) is 13.7. The number of carbonyl (C=O) groups is 2. The van der Waals surface area contributed by atoms with E-state index >= 15 is 0 Å². The van der Waals surface area contributed by atoms with Crippen molar-refractivity contribution in [1.29, 1.82) is 0 Å². The maximum absolute atomic E-state index is 12.6. The minimum absolute atomic E-state index is 0.0355. The van der Waals surface area contributed by atoms with Gasteiger partial charge in [-0.25, -0.2) is 0 Å². The van der Waals surface area contributed by atoms with Gasteiger partial charge in [0.1, 0.15) is 5.58 Å². The average Bonchev–Trinajstić information content (AvgIpc) is 3.38. The van der Waals surface area contributed by atoms with Crippen LogP contribution >= 0.6 is 0 Å². The third-order valence-electron chi connectivity index (χ3n) is 5.05. The van der Waals surface area contributed by atoms with Crippen LogP contribution < -0.4 is 5.32 Å². The van der Waals surface area contributed by atoms with E-state index in [0.29, 0.717) is 11.7 Å². The minimum atomic E-state index is -0.0355. The predicted molar refractivity (Wildman–Crippen MR) is 90.6 cm³/mol. The fourth-order valence-corrected chi connectivity index (χ4v) is 3.32. The maximum atomic E-state index is 12.6. The summed E-state index contributed by atoms with van der Waals surface area (Å²) in [5.74, 6) is 1.31. The number of rotatable bonds is 4. The van der Waals surface area contributed by atoms with E-state index in [1.807, 2.05) is 35.2 Å². The van der Waals surface area contributed by atoms with Crippen molar-refractivity contribution in [3.05, 3.63) is 36.1 Å². The largest absolute Gasteiger partial charge is 0.451 e. The first-order valence-electron chi connectivity index (χ1n) is 8.76. The number of likely N-dealkylation sites (tertiary alicyclic amines) is 1. The Kier molecular flexibility index (Phi) is 4.00. The lowest BCUT2D eigenvalue weighted by atomic mass is 9.96. The predicted octanol–water partition coefficient (Wildman–Crippen LogP) is 2.81. The number of hydrogen-bond donors (Lipinski definition) is 1. The van der Waals surface area contributed by atoms with Gasteiger partial charge in [-0.15, -0.1) is 0 Å². The Morgan fingerprint density at radius 1 is 1.12 bits per heavy atom. The van der Waals surface area contributed by atoms with E-state index in [1.54, 1.807) is 0 Å². The van der Waals surface area contributed by atoms with Crippen molar-refractivity contribution in [3.8, 4) is 0 Å². The van der Waals surface area contributed by atoms with Crippen molar-refractivity contribution in [2.24, 2.45) is 11.8 Å². The fourth-order valence-electron chi connectivity index (χ4n) is 3.32. The van der Waals surface area contributed by atoms with E-state index in [0.717, 1.165) is 56.3 Å². The normalized spacial score (nSPS) is 18.8. The molecular formula is C19H22N2O3. The van der Waals surface area contributed by atoms with Crippen molar-refractivity contribution in [2.75, 3.05) is 19.6 Å². The molecule has 126 valence electrons. The standard InChI is InChI=1S/C19H22N2O3/c22-18(14-5-6-14)20-12-13-7-9-21(10-8-13)19(23)17-11-15-3-1-2-4-16(15)24-17/h1-4,11,13-14H,5-10,12H2,(H,20,22). The summed E-state index contributed by atoms with van der Waals surface area (Å²) in [4.78, 5) is 26.2. The van der Waals surface area contributed by atoms with Crippen LogP contribution in [0, 0.1) is 11.8 Å². The van der Waals surface area contributed by atoms with Crippen LogP contribution in [0.1, 0.15) is 36.2 Å². The second kappa shape index (κ2) is 6.30. The number of benzene rings is 1. The number of nitrogens with one attached hydrogen (secondary N) is 1. The van der Waals surface area contributed by atoms with E-state index in [2.05, 4.69) is 5.32 Å². The lowest BCUT2D eigenvalue weighted by Gasteiger charge is -2.31. The van der Waals surface area contributed by atoms with Crippen molar-refractivity contribution < 1.29 is 14.0 Å². The average molecular weight is 326 g/mol. The first-order chi connectivity index (χ1) is 11.7. The molecule has 1 aliphatic carbocycles. The molecule has 0 bridgehead atoms. The summed E-state index contributed by atoms with van der Waals surface area (Å²) >= 11 is 0. The van der Waals surface area contributed by atoms with Crippen LogP contribution in [0.15, 0.2) is 34.7 Å². The van der Waals surface area contributed by atoms with Crippen LogP contribution in [0.3, 0.4) is 0 Å². The Hall–Kier alpha value is -2.30. The van der Waals surface area contributed by atoms with Gasteiger partial charge in [-0.3, -0.25) is 9.59 Å². The number of para-hydroxylation sites is 1. The molecule has 1 saturated heterocycles. The quantitative estimate of drug-likeness (QED) is 0.940. The van der Waals surface area contributed by atoms with Gasteiger partial charge in [0.05, 0.1) is 0 Å². The molecule has 2 heterocycles. The van der Waals surface area contributed by atoms with E-state index in [-0.39, 0.29) is 17.7 Å². The minimum Gasteiger partial charge on any atom is -0.451 e. The molecule has 1 aromatic carbocycles. The monoisotopic (exact) mass is 326 g/mol. The summed E-state index contributed by atoms with van der Waals surface area (Å²) in [6.45, 7) is 2.18. The highest BCUT2D eigenvalue weighted by Crippen LogP contribution is 2.29. The zero-order valence-corrected chi connectivity index (χ0v) is 13.7. The van der Waals surface area contributed by atoms with E-state index < -0.39 is 0 Å². The highest BCUT2D eigenvalue weighted by Gasteiger charge is 2.30. The van der Waals surface area contributed by atoms with Gasteiger partial charge in [-0.1, -0.05) is 18.2 Å². The van der Waals surface area contributed by atoms with Crippen LogP contribution in [0.4, 0.5) is 0 Å². The summed E-state index contributed by atoms with van der Waals surface area (Å²) in [5, 5.41) is 4.00. The molecule has 24 heavy (non-hydrogen) atoms. The smallest absolute Gasteiger partial charge is 0.289 e. The summed E-state index contributed by atoms with van der Waals surface area (Å²) in [6.07, 6.45) is 3.93. The van der Waals surface area contributed by atoms with Crippen molar-refractivity contribution in [1.82, 2.24) is 10.2 Å². The highest BCUT2D eigenvalue weighted by atomic mass is 16.3. The van der Waals surface area contributed by atoms with Gasteiger partial charge in [0.25, 0.3) is 5.91 Å². The Balaban J connectivity index is 1.31. The zero-order chi connectivity index (χ0) is 16.5. The number of carbonyl (C=O) groups excluding carboxylic acids is 2. The summed E-state index contributed by atoms with van der Waals surface area (Å²) in [5.41, 5.74) is 0.749. The van der Waals surface area contributed by atoms with E-state index in [1.165, 1.54) is 0 Å². The molecule has 4 rings (SSSR count). The van der Waals surface area contributed by atoms with E-state index in [4.69, 9.17) is 4.42 Å². The SMILES string of the molecule is O=C(NCC1CCN(C(=O)c2cc3ccccc3o2)CC1)C1CC1. The van der Waals surface area contributed by atoms with Crippen molar-refractivity contribution >= 4 is 22.8 Å². The number of nitrogens with zero attached hydrogens (tertiary/aromatic N) is 1. The lowest BCUT2D eigenvalue weighted by Crippen LogP contribution is -2.41. The maximum Gasteiger partial charge on any atom is 0.289 e. The number of hydrogen-bond acceptors (Lipinski definition) is 3. The molecule has 0 atom stereocenters. The van der Waals surface area contributed by atoms with Crippen molar-refractivity contribution in [3.63, 3.8) is 0 Å². The Labute approximate surface area is 141 Å². The molecule has 0 spiro atoms. The lowest BCUT2D eigenvalue weighted by molar-refractivity contribution is -0.122. The molecule has 1 aliphatic heterocycles. The summed E-state index contributed by atoms with van der Waals surface area (Å²) < 4.78 is 5.67. The molecule has 2 amide bonds. The molecule has 5 heteroatoms. The highest BCUT2D eigenvalue weighted by molar-refractivity contribution is 5.96. The van der Waals surface area contributed by atoms with Gasteiger partial charge in [0.2, 0.25) is 5.91 Å². The molecule has 1 saturated carbocycles. The first-order valence-corrected chi connectivity index (χ1v) is 8.76. The van der Waals surface area contributed by atoms with Gasteiger partial charge >= 0.3 is 0 Å². The second-order valence-electron chi connectivity index (χ2n) is 6.90. The van der Waals surface area contributed by atoms with Crippen LogP contribution in [-0.4, -0.2) is 36.3 Å². The first kappa shape index (κ1) is 15.2. The Morgan fingerprint density at radius 2 is 1.88 bits per heavy atom. The Bertz CT molecular complexity index is 722. The van der Waals surface area contributed by atoms with Crippen LogP contribution in [-0.2, 0) is 4.79 Å². The second-order valence-corrected chi connectivity index (χ2v) is 6.90. The van der Waals surface area contributed by atoms with Crippen LogP contribution in [0.2, 0.25) is 0 Å². The summed E-state index contributed by atoms with van der Waals surface area (Å²) in [7, 11) is 0. The van der Waals surface area contributed by atoms with Gasteiger partial charge in [0, 0.05) is 30.9 Å². The third kappa shape index (κ3) is 3.16. The third-order valence-corrected chi connectivity index (χ3v) is 5.05. The van der Waals surface area contributed by atoms with Gasteiger partial charge in [-0.05, 0) is 43.7 Å². The molecule has 0 radical (unpaired) electrons. The van der Waals surface area contributed by atoms with Crippen molar-refractivity contribution in [2.45, 2.75) is 25.7 Å². The molecule has 0 unspecified atom stereocenters. The van der Waals surface area contributed by atoms with Crippen LogP contribution in [0.5, 0.6) is 0 Å². The molecule has 2 fully saturated rings. The van der Waals surface area contributed by atoms with Gasteiger partial charge < -0.3 is 14.6 Å². The number of fused-ring (bicyclic) bond motifs is 1. The number of piperidine rings is 1. The topological polar surface area (TPSA) is 62.6 Å². The van der Waals surface area contributed by atoms with Crippen LogP contribution in [0.25, 0.3) is 11.0 Å². The molecule has 1 N–H and O–H groups in total. The van der Waals surface area contributed by atoms with E-state index in [9.17, 15) is 9.59 Å². The molecule has 2 aliphatic rings. The summed E-state index contributed by atoms with van der Waals surface area (Å²) in [6, 6.07) is 9.49. The van der Waals surface area contributed by atoms with Gasteiger partial charge in [-0.2, -0.15) is 0 Å². The molecular weight excluding hydrogens is 304 g/mol.